The first-order chi connectivity index (χ1) is 11.2. The van der Waals surface area contributed by atoms with E-state index in [-0.39, 0.29) is 5.56 Å². The van der Waals surface area contributed by atoms with E-state index in [9.17, 15) is 4.79 Å². The second-order valence-electron chi connectivity index (χ2n) is 4.91. The summed E-state index contributed by atoms with van der Waals surface area (Å²) in [5, 5.41) is 0.343. The molecule has 1 aromatic carbocycles. The number of pyridine rings is 1. The fraction of sp³-hybridized carbons (Fsp3) is 0. The molecule has 0 atom stereocenters. The van der Waals surface area contributed by atoms with Gasteiger partial charge in [-0.25, -0.2) is 9.97 Å². The molecule has 23 heavy (non-hydrogen) atoms. The van der Waals surface area contributed by atoms with E-state index in [2.05, 4.69) is 15.0 Å². The van der Waals surface area contributed by atoms with Gasteiger partial charge in [-0.1, -0.05) is 23.5 Å². The monoisotopic (exact) mass is 321 g/mol. The summed E-state index contributed by atoms with van der Waals surface area (Å²) in [6.07, 6.45) is 4.98. The molecule has 2 N–H and O–H groups in total. The largest absolute Gasteiger partial charge is 0.375 e. The Kier molecular flexibility index (Phi) is 3.13. The predicted octanol–water partition coefficient (Wildman–Crippen LogP) is 2.49. The van der Waals surface area contributed by atoms with Crippen molar-refractivity contribution in [3.8, 4) is 16.8 Å². The van der Waals surface area contributed by atoms with Crippen molar-refractivity contribution in [2.75, 3.05) is 5.73 Å². The van der Waals surface area contributed by atoms with Crippen LogP contribution in [0.3, 0.4) is 0 Å². The van der Waals surface area contributed by atoms with Crippen molar-refractivity contribution in [3.05, 3.63) is 65.5 Å². The zero-order chi connectivity index (χ0) is 15.8. The molecule has 3 aromatic heterocycles. The van der Waals surface area contributed by atoms with E-state index in [1.807, 2.05) is 36.4 Å². The smallest absolute Gasteiger partial charge is 0.277 e. The molecular formula is C16H11N5OS. The van der Waals surface area contributed by atoms with Crippen LogP contribution in [0.5, 0.6) is 0 Å². The molecule has 0 spiro atoms. The highest BCUT2D eigenvalue weighted by molar-refractivity contribution is 7.21. The zero-order valence-electron chi connectivity index (χ0n) is 11.9. The number of aromatic nitrogens is 4. The molecule has 0 aliphatic rings. The van der Waals surface area contributed by atoms with Crippen LogP contribution in [-0.4, -0.2) is 19.5 Å². The maximum atomic E-state index is 12.5. The van der Waals surface area contributed by atoms with E-state index in [0.29, 0.717) is 15.5 Å². The van der Waals surface area contributed by atoms with Crippen LogP contribution in [0, 0.1) is 0 Å². The summed E-state index contributed by atoms with van der Waals surface area (Å²) in [5.41, 5.74) is 8.74. The Morgan fingerprint density at radius 2 is 1.70 bits per heavy atom. The average Bonchev–Trinajstić information content (AvgIpc) is 2.98. The van der Waals surface area contributed by atoms with Crippen LogP contribution in [-0.2, 0) is 0 Å². The average molecular weight is 321 g/mol. The van der Waals surface area contributed by atoms with Crippen molar-refractivity contribution in [1.82, 2.24) is 19.5 Å². The Hall–Kier alpha value is -3.06. The third-order valence-corrected chi connectivity index (χ3v) is 4.36. The molecule has 0 aliphatic heterocycles. The van der Waals surface area contributed by atoms with E-state index in [4.69, 9.17) is 5.73 Å². The lowest BCUT2D eigenvalue weighted by Gasteiger charge is -2.06. The fourth-order valence-electron chi connectivity index (χ4n) is 2.37. The summed E-state index contributed by atoms with van der Waals surface area (Å²) in [7, 11) is 0. The summed E-state index contributed by atoms with van der Waals surface area (Å²) in [4.78, 5) is 24.8. The minimum absolute atomic E-state index is 0.166. The van der Waals surface area contributed by atoms with Crippen molar-refractivity contribution >= 4 is 26.8 Å². The second kappa shape index (κ2) is 5.29. The lowest BCUT2D eigenvalue weighted by atomic mass is 10.1. The fourth-order valence-corrected chi connectivity index (χ4v) is 3.09. The summed E-state index contributed by atoms with van der Waals surface area (Å²) in [6, 6.07) is 11.6. The maximum Gasteiger partial charge on any atom is 0.277 e. The molecular weight excluding hydrogens is 310 g/mol. The number of nitrogens with two attached hydrogens (primary N) is 1. The van der Waals surface area contributed by atoms with Gasteiger partial charge in [0.15, 0.2) is 10.8 Å². The Morgan fingerprint density at radius 1 is 1.00 bits per heavy atom. The molecule has 0 amide bonds. The van der Waals surface area contributed by atoms with E-state index in [1.54, 1.807) is 12.4 Å². The number of nitrogen functional groups attached to an aromatic ring is 1. The molecule has 0 aliphatic carbocycles. The first-order valence-electron chi connectivity index (χ1n) is 6.87. The van der Waals surface area contributed by atoms with Crippen molar-refractivity contribution in [1.29, 1.82) is 0 Å². The van der Waals surface area contributed by atoms with Crippen LogP contribution in [0.1, 0.15) is 0 Å². The van der Waals surface area contributed by atoms with Gasteiger partial charge in [-0.05, 0) is 35.4 Å². The molecule has 0 saturated heterocycles. The van der Waals surface area contributed by atoms with E-state index in [1.165, 1.54) is 10.9 Å². The number of fused-ring (bicyclic) bond motifs is 1. The van der Waals surface area contributed by atoms with Gasteiger partial charge in [-0.2, -0.15) is 0 Å². The van der Waals surface area contributed by atoms with Gasteiger partial charge in [0.2, 0.25) is 0 Å². The summed E-state index contributed by atoms with van der Waals surface area (Å²) >= 11 is 1.15. The number of benzene rings is 1. The standard InChI is InChI=1S/C16H11N5OS/c17-16-20-14-13(23-16)15(22)21(9-19-14)12-3-1-10(2-4-12)11-5-7-18-8-6-11/h1-9H,(H2,17,20). The Morgan fingerprint density at radius 3 is 2.43 bits per heavy atom. The van der Waals surface area contributed by atoms with Gasteiger partial charge >= 0.3 is 0 Å². The number of thiazole rings is 1. The predicted molar refractivity (Wildman–Crippen MR) is 90.7 cm³/mol. The molecule has 112 valence electrons. The van der Waals surface area contributed by atoms with Gasteiger partial charge < -0.3 is 5.73 Å². The zero-order valence-corrected chi connectivity index (χ0v) is 12.7. The second-order valence-corrected chi connectivity index (χ2v) is 5.94. The van der Waals surface area contributed by atoms with Gasteiger partial charge in [-0.3, -0.25) is 14.3 Å². The van der Waals surface area contributed by atoms with Crippen molar-refractivity contribution < 1.29 is 0 Å². The Labute approximate surface area is 134 Å². The molecule has 0 radical (unpaired) electrons. The normalized spacial score (nSPS) is 11.0. The third-order valence-electron chi connectivity index (χ3n) is 3.49. The number of rotatable bonds is 2. The topological polar surface area (TPSA) is 86.7 Å². The highest BCUT2D eigenvalue weighted by Crippen LogP contribution is 2.21. The van der Waals surface area contributed by atoms with Gasteiger partial charge in [0.05, 0.1) is 5.69 Å². The molecule has 4 aromatic rings. The van der Waals surface area contributed by atoms with Crippen LogP contribution in [0.15, 0.2) is 59.9 Å². The third kappa shape index (κ3) is 2.36. The molecule has 7 heteroatoms. The maximum absolute atomic E-state index is 12.5. The highest BCUT2D eigenvalue weighted by Gasteiger charge is 2.10. The SMILES string of the molecule is Nc1nc2ncn(-c3ccc(-c4ccncc4)cc3)c(=O)c2s1. The number of anilines is 1. The number of hydrogen-bond acceptors (Lipinski definition) is 6. The molecule has 6 nitrogen and oxygen atoms in total. The molecule has 4 rings (SSSR count). The molecule has 0 unspecified atom stereocenters. The van der Waals surface area contributed by atoms with Gasteiger partial charge in [0, 0.05) is 12.4 Å². The van der Waals surface area contributed by atoms with Crippen molar-refractivity contribution in [2.45, 2.75) is 0 Å². The Bertz CT molecular complexity index is 1040. The number of hydrogen-bond donors (Lipinski definition) is 1. The minimum Gasteiger partial charge on any atom is -0.375 e. The van der Waals surface area contributed by atoms with Crippen LogP contribution in [0.25, 0.3) is 27.2 Å². The first-order valence-corrected chi connectivity index (χ1v) is 7.68. The highest BCUT2D eigenvalue weighted by atomic mass is 32.1. The minimum atomic E-state index is -0.166. The van der Waals surface area contributed by atoms with Crippen LogP contribution in [0.2, 0.25) is 0 Å². The van der Waals surface area contributed by atoms with Gasteiger partial charge in [-0.15, -0.1) is 0 Å². The van der Waals surface area contributed by atoms with Crippen LogP contribution in [0.4, 0.5) is 5.13 Å². The number of nitrogens with zero attached hydrogens (tertiary/aromatic N) is 4. The summed E-state index contributed by atoms with van der Waals surface area (Å²) in [6.45, 7) is 0. The van der Waals surface area contributed by atoms with E-state index >= 15 is 0 Å². The Balaban J connectivity index is 1.79. The van der Waals surface area contributed by atoms with E-state index in [0.717, 1.165) is 28.2 Å². The van der Waals surface area contributed by atoms with Gasteiger partial charge in [0.25, 0.3) is 5.56 Å². The van der Waals surface area contributed by atoms with Crippen LogP contribution >= 0.6 is 11.3 Å². The molecule has 0 bridgehead atoms. The molecule has 0 fully saturated rings. The molecule has 0 saturated carbocycles. The van der Waals surface area contributed by atoms with E-state index < -0.39 is 0 Å². The lowest BCUT2D eigenvalue weighted by molar-refractivity contribution is 0.962. The first kappa shape index (κ1) is 13.6. The van der Waals surface area contributed by atoms with Crippen molar-refractivity contribution in [3.63, 3.8) is 0 Å². The molecule has 3 heterocycles. The quantitative estimate of drug-likeness (QED) is 0.613. The summed E-state index contributed by atoms with van der Waals surface area (Å²) in [5.74, 6) is 0. The van der Waals surface area contributed by atoms with Crippen LogP contribution < -0.4 is 11.3 Å². The lowest BCUT2D eigenvalue weighted by Crippen LogP contribution is -2.17. The van der Waals surface area contributed by atoms with Gasteiger partial charge in [0.1, 0.15) is 11.0 Å². The summed E-state index contributed by atoms with van der Waals surface area (Å²) < 4.78 is 1.96. The van der Waals surface area contributed by atoms with Crippen molar-refractivity contribution in [2.24, 2.45) is 0 Å².